The predicted octanol–water partition coefficient (Wildman–Crippen LogP) is 5.30. The molecule has 0 N–H and O–H groups in total. The Bertz CT molecular complexity index is 1010. The van der Waals surface area contributed by atoms with Crippen LogP contribution in [0.25, 0.3) is 12.2 Å². The van der Waals surface area contributed by atoms with E-state index >= 15 is 0 Å². The maximum absolute atomic E-state index is 12.6. The van der Waals surface area contributed by atoms with Crippen LogP contribution in [0.1, 0.15) is 27.2 Å². The first kappa shape index (κ1) is 16.9. The van der Waals surface area contributed by atoms with Gasteiger partial charge in [0.1, 0.15) is 23.9 Å². The summed E-state index contributed by atoms with van der Waals surface area (Å²) in [7, 11) is 0. The number of hydrogen-bond donors (Lipinski definition) is 0. The Morgan fingerprint density at radius 2 is 1.93 bits per heavy atom. The van der Waals surface area contributed by atoms with E-state index in [0.717, 1.165) is 11.1 Å². The number of rotatable bonds is 5. The molecule has 0 bridgehead atoms. The second kappa shape index (κ2) is 7.38. The number of Topliss-reactive ketones (excluding diaryl/α,β-unsaturated/α-hetero) is 1. The molecule has 0 fully saturated rings. The van der Waals surface area contributed by atoms with Crippen LogP contribution >= 0.6 is 0 Å². The topological polar surface area (TPSA) is 48.7 Å². The highest BCUT2D eigenvalue weighted by Crippen LogP contribution is 2.37. The summed E-state index contributed by atoms with van der Waals surface area (Å²) in [5.41, 5.74) is 2.51. The van der Waals surface area contributed by atoms with Gasteiger partial charge in [-0.15, -0.1) is 0 Å². The summed E-state index contributed by atoms with van der Waals surface area (Å²) in [5, 5.41) is 0. The van der Waals surface area contributed by atoms with Crippen LogP contribution in [0.3, 0.4) is 0 Å². The number of aryl methyl sites for hydroxylation is 1. The van der Waals surface area contributed by atoms with Crippen molar-refractivity contribution in [3.8, 4) is 11.5 Å². The van der Waals surface area contributed by atoms with Crippen LogP contribution in [0.15, 0.2) is 77.1 Å². The molecule has 27 heavy (non-hydrogen) atoms. The van der Waals surface area contributed by atoms with Gasteiger partial charge in [-0.3, -0.25) is 4.79 Å². The first-order chi connectivity index (χ1) is 13.2. The molecule has 0 amide bonds. The van der Waals surface area contributed by atoms with E-state index in [4.69, 9.17) is 13.9 Å². The first-order valence-corrected chi connectivity index (χ1v) is 8.67. The van der Waals surface area contributed by atoms with Gasteiger partial charge in [-0.2, -0.15) is 0 Å². The summed E-state index contributed by atoms with van der Waals surface area (Å²) in [6.45, 7) is 2.30. The fraction of sp³-hybridized carbons (Fsp3) is 0.0870. The van der Waals surface area contributed by atoms with E-state index in [0.29, 0.717) is 29.4 Å². The van der Waals surface area contributed by atoms with Gasteiger partial charge in [-0.05, 0) is 42.3 Å². The lowest BCUT2D eigenvalue weighted by Crippen LogP contribution is -1.99. The standard InChI is InChI=1S/C23H18O4/c1-16-13-19(26-11-5-9-17-7-3-2-4-8-17)15-20-22(16)23(24)21(27-20)14-18-10-6-12-25-18/h2-10,12-15H,11H2,1H3/b9-5+,21-14-. The van der Waals surface area contributed by atoms with Crippen LogP contribution in [0.5, 0.6) is 11.5 Å². The van der Waals surface area contributed by atoms with Gasteiger partial charge in [0.05, 0.1) is 11.8 Å². The molecule has 134 valence electrons. The second-order valence-corrected chi connectivity index (χ2v) is 6.19. The fourth-order valence-electron chi connectivity index (χ4n) is 2.96. The van der Waals surface area contributed by atoms with Crippen molar-refractivity contribution in [2.75, 3.05) is 6.61 Å². The Balaban J connectivity index is 1.48. The highest BCUT2D eigenvalue weighted by molar-refractivity contribution is 6.15. The second-order valence-electron chi connectivity index (χ2n) is 6.19. The minimum Gasteiger partial charge on any atom is -0.489 e. The van der Waals surface area contributed by atoms with E-state index < -0.39 is 0 Å². The molecule has 1 aromatic heterocycles. The third-order valence-electron chi connectivity index (χ3n) is 4.22. The zero-order valence-corrected chi connectivity index (χ0v) is 14.8. The number of carbonyl (C=O) groups excluding carboxylic acids is 1. The Morgan fingerprint density at radius 3 is 2.70 bits per heavy atom. The first-order valence-electron chi connectivity index (χ1n) is 8.67. The van der Waals surface area contributed by atoms with Crippen molar-refractivity contribution < 1.29 is 18.7 Å². The number of ketones is 1. The quantitative estimate of drug-likeness (QED) is 0.581. The van der Waals surface area contributed by atoms with Crippen LogP contribution in [0, 0.1) is 6.92 Å². The lowest BCUT2D eigenvalue weighted by molar-refractivity contribution is 0.101. The monoisotopic (exact) mass is 358 g/mol. The Kier molecular flexibility index (Phi) is 4.62. The minimum absolute atomic E-state index is 0.144. The molecule has 0 radical (unpaired) electrons. The van der Waals surface area contributed by atoms with Crippen molar-refractivity contribution in [3.05, 3.63) is 95.1 Å². The molecule has 1 aliphatic heterocycles. The summed E-state index contributed by atoms with van der Waals surface area (Å²) < 4.78 is 16.8. The normalized spacial score (nSPS) is 14.6. The van der Waals surface area contributed by atoms with E-state index in [2.05, 4.69) is 0 Å². The summed E-state index contributed by atoms with van der Waals surface area (Å²) in [6.07, 6.45) is 7.11. The lowest BCUT2D eigenvalue weighted by Gasteiger charge is -2.07. The van der Waals surface area contributed by atoms with Crippen molar-refractivity contribution >= 4 is 17.9 Å². The molecule has 4 rings (SSSR count). The van der Waals surface area contributed by atoms with Gasteiger partial charge in [0.15, 0.2) is 5.76 Å². The van der Waals surface area contributed by atoms with E-state index in [-0.39, 0.29) is 11.5 Å². The number of ether oxygens (including phenoxy) is 2. The maximum Gasteiger partial charge on any atom is 0.232 e. The maximum atomic E-state index is 12.6. The zero-order chi connectivity index (χ0) is 18.6. The number of hydrogen-bond acceptors (Lipinski definition) is 4. The van der Waals surface area contributed by atoms with Crippen LogP contribution in [-0.2, 0) is 0 Å². The number of carbonyl (C=O) groups is 1. The van der Waals surface area contributed by atoms with Gasteiger partial charge < -0.3 is 13.9 Å². The van der Waals surface area contributed by atoms with Crippen molar-refractivity contribution in [2.24, 2.45) is 0 Å². The molecule has 2 heterocycles. The zero-order valence-electron chi connectivity index (χ0n) is 14.8. The average Bonchev–Trinajstić information content (AvgIpc) is 3.28. The summed E-state index contributed by atoms with van der Waals surface area (Å²) in [4.78, 5) is 12.6. The summed E-state index contributed by atoms with van der Waals surface area (Å²) in [6, 6.07) is 17.2. The van der Waals surface area contributed by atoms with E-state index in [1.165, 1.54) is 0 Å². The lowest BCUT2D eigenvalue weighted by atomic mass is 10.0. The van der Waals surface area contributed by atoms with E-state index in [9.17, 15) is 4.79 Å². The molecule has 0 saturated carbocycles. The smallest absolute Gasteiger partial charge is 0.232 e. The van der Waals surface area contributed by atoms with E-state index in [1.807, 2.05) is 55.5 Å². The van der Waals surface area contributed by atoms with Gasteiger partial charge >= 0.3 is 0 Å². The third-order valence-corrected chi connectivity index (χ3v) is 4.22. The molecular weight excluding hydrogens is 340 g/mol. The van der Waals surface area contributed by atoms with Crippen LogP contribution < -0.4 is 9.47 Å². The molecular formula is C23H18O4. The molecule has 0 unspecified atom stereocenters. The summed E-state index contributed by atoms with van der Waals surface area (Å²) in [5.74, 6) is 1.86. The van der Waals surface area contributed by atoms with Gasteiger partial charge in [-0.1, -0.05) is 36.4 Å². The minimum atomic E-state index is -0.144. The van der Waals surface area contributed by atoms with Gasteiger partial charge in [-0.25, -0.2) is 0 Å². The Labute approximate surface area is 157 Å². The Morgan fingerprint density at radius 1 is 1.07 bits per heavy atom. The largest absolute Gasteiger partial charge is 0.489 e. The average molecular weight is 358 g/mol. The molecule has 0 saturated heterocycles. The van der Waals surface area contributed by atoms with Crippen LogP contribution in [0.2, 0.25) is 0 Å². The van der Waals surface area contributed by atoms with Crippen molar-refractivity contribution in [1.29, 1.82) is 0 Å². The third kappa shape index (κ3) is 3.70. The molecule has 0 aliphatic carbocycles. The SMILES string of the molecule is Cc1cc(OC/C=C/c2ccccc2)cc2c1C(=O)/C(=C/c1ccco1)O2. The molecule has 0 spiro atoms. The van der Waals surface area contributed by atoms with Crippen LogP contribution in [-0.4, -0.2) is 12.4 Å². The molecule has 0 atom stereocenters. The molecule has 4 heteroatoms. The van der Waals surface area contributed by atoms with Crippen LogP contribution in [0.4, 0.5) is 0 Å². The number of furan rings is 1. The number of benzene rings is 2. The molecule has 1 aliphatic rings. The molecule has 2 aromatic carbocycles. The van der Waals surface area contributed by atoms with Crippen molar-refractivity contribution in [1.82, 2.24) is 0 Å². The molecule has 3 aromatic rings. The highest BCUT2D eigenvalue weighted by Gasteiger charge is 2.30. The van der Waals surface area contributed by atoms with Gasteiger partial charge in [0.2, 0.25) is 5.78 Å². The van der Waals surface area contributed by atoms with Crippen molar-refractivity contribution in [3.63, 3.8) is 0 Å². The Hall–Kier alpha value is -3.53. The summed E-state index contributed by atoms with van der Waals surface area (Å²) >= 11 is 0. The van der Waals surface area contributed by atoms with Crippen molar-refractivity contribution in [2.45, 2.75) is 6.92 Å². The number of fused-ring (bicyclic) bond motifs is 1. The number of allylic oxidation sites excluding steroid dienone is 1. The van der Waals surface area contributed by atoms with Gasteiger partial charge in [0, 0.05) is 12.1 Å². The van der Waals surface area contributed by atoms with E-state index in [1.54, 1.807) is 30.5 Å². The highest BCUT2D eigenvalue weighted by atomic mass is 16.5. The fourth-order valence-corrected chi connectivity index (χ4v) is 2.96. The predicted molar refractivity (Wildman–Crippen MR) is 104 cm³/mol. The molecule has 4 nitrogen and oxygen atoms in total. The van der Waals surface area contributed by atoms with Gasteiger partial charge in [0.25, 0.3) is 0 Å².